The van der Waals surface area contributed by atoms with E-state index in [-0.39, 0.29) is 0 Å². The van der Waals surface area contributed by atoms with Crippen LogP contribution in [-0.4, -0.2) is 71.4 Å². The summed E-state index contributed by atoms with van der Waals surface area (Å²) in [5, 5.41) is 0. The highest BCUT2D eigenvalue weighted by Gasteiger charge is 2.93. The van der Waals surface area contributed by atoms with Crippen LogP contribution >= 0.6 is 0 Å². The first-order valence-corrected chi connectivity index (χ1v) is 7.38. The molecule has 0 unspecified atom stereocenters. The molecule has 0 rings (SSSR count). The molecule has 0 heterocycles. The minimum Gasteiger partial charge on any atom is -0.377 e. The Labute approximate surface area is 183 Å². The van der Waals surface area contributed by atoms with Crippen molar-refractivity contribution in [3.63, 3.8) is 0 Å². The van der Waals surface area contributed by atoms with Crippen LogP contribution in [0.4, 0.5) is 106 Å². The molecule has 0 N–H and O–H groups in total. The summed E-state index contributed by atoms with van der Waals surface area (Å²) in [5.74, 6) is -35.8. The molecule has 0 aromatic heterocycles. The summed E-state index contributed by atoms with van der Waals surface area (Å²) in [6.45, 7) is 0. The maximum Gasteiger partial charge on any atom is 0.502 e. The van der Waals surface area contributed by atoms with Crippen LogP contribution in [0.5, 0.6) is 0 Å². The standard InChI is InChI=1S/C11F23NO2/c12-2(13,4(16,17)6(20,21)22)3(14,15)5(18,19)9(29,30)35(10(31,32)7(23,24)25)1(36)37-11(33,34)8(26,27)28. The number of nitrogens with zero attached hydrogens (tertiary/aromatic N) is 1. The lowest BCUT2D eigenvalue weighted by atomic mass is 9.96. The van der Waals surface area contributed by atoms with E-state index >= 15 is 0 Å². The maximum absolute atomic E-state index is 13.8. The monoisotopic (exact) mass is 615 g/mol. The van der Waals surface area contributed by atoms with Crippen molar-refractivity contribution in [2.75, 3.05) is 0 Å². The van der Waals surface area contributed by atoms with Crippen LogP contribution in [0.3, 0.4) is 0 Å². The molecule has 222 valence electrons. The summed E-state index contributed by atoms with van der Waals surface area (Å²) in [7, 11) is 0. The van der Waals surface area contributed by atoms with Gasteiger partial charge in [0.15, 0.2) is 0 Å². The normalized spacial score (nSPS) is 16.1. The van der Waals surface area contributed by atoms with Gasteiger partial charge in [-0.15, -0.1) is 0 Å². The Kier molecular flexibility index (Phi) is 8.04. The molecule has 1 amide bonds. The van der Waals surface area contributed by atoms with E-state index in [0.717, 1.165) is 0 Å². The van der Waals surface area contributed by atoms with Crippen LogP contribution in [0.1, 0.15) is 0 Å². The highest BCUT2D eigenvalue weighted by atomic mass is 19.4. The van der Waals surface area contributed by atoms with Crippen LogP contribution in [0.2, 0.25) is 0 Å². The molecule has 0 aliphatic heterocycles. The number of amides is 1. The minimum absolute atomic E-state index is 1.42. The lowest BCUT2D eigenvalue weighted by molar-refractivity contribution is -0.468. The van der Waals surface area contributed by atoms with Crippen molar-refractivity contribution in [1.29, 1.82) is 0 Å². The van der Waals surface area contributed by atoms with Gasteiger partial charge in [0, 0.05) is 0 Å². The first kappa shape index (κ1) is 34.7. The third kappa shape index (κ3) is 5.06. The summed E-state index contributed by atoms with van der Waals surface area (Å²) in [5.41, 5.74) is 0. The molecular formula is C11F23NO2. The van der Waals surface area contributed by atoms with Crippen LogP contribution in [-0.2, 0) is 4.74 Å². The molecule has 0 atom stereocenters. The lowest BCUT2D eigenvalue weighted by Gasteiger charge is -2.44. The van der Waals surface area contributed by atoms with Crippen molar-refractivity contribution >= 4 is 6.09 Å². The van der Waals surface area contributed by atoms with Crippen molar-refractivity contribution in [2.24, 2.45) is 0 Å². The fraction of sp³-hybridized carbons (Fsp3) is 0.909. The highest BCUT2D eigenvalue weighted by Crippen LogP contribution is 2.62. The average molecular weight is 615 g/mol. The van der Waals surface area contributed by atoms with E-state index in [4.69, 9.17) is 0 Å². The third-order valence-corrected chi connectivity index (χ3v) is 3.55. The van der Waals surface area contributed by atoms with Gasteiger partial charge in [0.2, 0.25) is 0 Å². The number of hydrogen-bond donors (Lipinski definition) is 0. The predicted octanol–water partition coefficient (Wildman–Crippen LogP) is 7.43. The molecule has 0 saturated carbocycles. The molecule has 0 aromatic rings. The van der Waals surface area contributed by atoms with Gasteiger partial charge in [0.05, 0.1) is 0 Å². The molecule has 0 spiro atoms. The summed E-state index contributed by atoms with van der Waals surface area (Å²) < 4.78 is 294. The molecule has 0 saturated heterocycles. The van der Waals surface area contributed by atoms with E-state index in [9.17, 15) is 106 Å². The zero-order chi connectivity index (χ0) is 30.9. The second-order valence-corrected chi connectivity index (χ2v) is 6.09. The minimum atomic E-state index is -9.20. The lowest BCUT2D eigenvalue weighted by Crippen LogP contribution is -2.76. The van der Waals surface area contributed by atoms with E-state index in [1.165, 1.54) is 4.74 Å². The molecule has 0 radical (unpaired) electrons. The number of carbonyl (C=O) groups is 1. The maximum atomic E-state index is 13.8. The van der Waals surface area contributed by atoms with E-state index in [1.807, 2.05) is 0 Å². The van der Waals surface area contributed by atoms with E-state index < -0.39 is 71.4 Å². The molecule has 26 heteroatoms. The number of ether oxygens (including phenoxy) is 1. The second kappa shape index (κ2) is 8.59. The van der Waals surface area contributed by atoms with Gasteiger partial charge in [-0.3, -0.25) is 0 Å². The predicted molar refractivity (Wildman–Crippen MR) is 61.1 cm³/mol. The summed E-state index contributed by atoms with van der Waals surface area (Å²) >= 11 is 0. The zero-order valence-electron chi connectivity index (χ0n) is 15.5. The Bertz CT molecular complexity index is 846. The molecule has 0 aliphatic rings. The number of carbonyl (C=O) groups excluding carboxylic acids is 1. The zero-order valence-corrected chi connectivity index (χ0v) is 15.5. The van der Waals surface area contributed by atoms with Gasteiger partial charge in [0.1, 0.15) is 0 Å². The van der Waals surface area contributed by atoms with Gasteiger partial charge in [-0.2, -0.15) is 106 Å². The van der Waals surface area contributed by atoms with Crippen LogP contribution in [0.25, 0.3) is 0 Å². The Morgan fingerprint density at radius 3 is 1.00 bits per heavy atom. The second-order valence-electron chi connectivity index (χ2n) is 6.09. The fourth-order valence-electron chi connectivity index (χ4n) is 1.65. The largest absolute Gasteiger partial charge is 0.502 e. The number of rotatable bonds is 7. The average Bonchev–Trinajstić information content (AvgIpc) is 2.56. The van der Waals surface area contributed by atoms with Gasteiger partial charge in [-0.1, -0.05) is 0 Å². The third-order valence-electron chi connectivity index (χ3n) is 3.55. The highest BCUT2D eigenvalue weighted by molar-refractivity contribution is 5.69. The molecule has 3 nitrogen and oxygen atoms in total. The number of hydrogen-bond acceptors (Lipinski definition) is 2. The quantitative estimate of drug-likeness (QED) is 0.220. The summed E-state index contributed by atoms with van der Waals surface area (Å²) in [4.78, 5) is 6.13. The van der Waals surface area contributed by atoms with Gasteiger partial charge < -0.3 is 4.74 Å². The number of halogens is 23. The first-order valence-electron chi connectivity index (χ1n) is 7.38. The van der Waals surface area contributed by atoms with Crippen molar-refractivity contribution in [2.45, 2.75) is 60.4 Å². The topological polar surface area (TPSA) is 29.5 Å². The Balaban J connectivity index is 7.31. The van der Waals surface area contributed by atoms with E-state index in [1.54, 1.807) is 0 Å². The Morgan fingerprint density at radius 2 is 0.730 bits per heavy atom. The van der Waals surface area contributed by atoms with E-state index in [0.29, 0.717) is 0 Å². The fourth-order valence-corrected chi connectivity index (χ4v) is 1.65. The molecule has 37 heavy (non-hydrogen) atoms. The first-order chi connectivity index (χ1) is 15.5. The molecule has 0 aliphatic carbocycles. The van der Waals surface area contributed by atoms with Crippen molar-refractivity contribution < 1.29 is 111 Å². The SMILES string of the molecule is O=C(OC(F)(F)C(F)(F)F)N(C(F)(F)C(F)(F)F)C(F)(F)C(F)(F)C(F)(F)C(F)(F)C(F)(F)C(F)(F)F. The molecule has 0 fully saturated rings. The van der Waals surface area contributed by atoms with Crippen LogP contribution in [0.15, 0.2) is 0 Å². The van der Waals surface area contributed by atoms with Gasteiger partial charge in [0.25, 0.3) is 0 Å². The number of alkyl halides is 23. The van der Waals surface area contributed by atoms with Gasteiger partial charge in [-0.25, -0.2) is 4.79 Å². The smallest absolute Gasteiger partial charge is 0.377 e. The van der Waals surface area contributed by atoms with Gasteiger partial charge >= 0.3 is 66.5 Å². The van der Waals surface area contributed by atoms with Gasteiger partial charge in [-0.05, 0) is 0 Å². The molecule has 0 bridgehead atoms. The Morgan fingerprint density at radius 1 is 0.405 bits per heavy atom. The molecule has 0 aromatic carbocycles. The van der Waals surface area contributed by atoms with Crippen LogP contribution in [0, 0.1) is 0 Å². The Hall–Kier alpha value is -2.34. The van der Waals surface area contributed by atoms with E-state index in [2.05, 4.69) is 0 Å². The van der Waals surface area contributed by atoms with Crippen LogP contribution < -0.4 is 0 Å². The molecular weight excluding hydrogens is 615 g/mol. The van der Waals surface area contributed by atoms with Crippen molar-refractivity contribution in [3.05, 3.63) is 0 Å². The summed E-state index contributed by atoms with van der Waals surface area (Å²) in [6.07, 6.45) is -36.6. The summed E-state index contributed by atoms with van der Waals surface area (Å²) in [6, 6.07) is -17.4. The van der Waals surface area contributed by atoms with Crippen molar-refractivity contribution in [1.82, 2.24) is 4.90 Å². The van der Waals surface area contributed by atoms with Crippen molar-refractivity contribution in [3.8, 4) is 0 Å².